The Kier molecular flexibility index (Phi) is 4.22. The van der Waals surface area contributed by atoms with Crippen molar-refractivity contribution in [3.8, 4) is 5.75 Å². The van der Waals surface area contributed by atoms with Gasteiger partial charge in [0.05, 0.1) is 6.26 Å². The van der Waals surface area contributed by atoms with Crippen LogP contribution < -0.4 is 4.74 Å². The topological polar surface area (TPSA) is 39.4 Å². The van der Waals surface area contributed by atoms with Gasteiger partial charge in [0.2, 0.25) is 0 Å². The Morgan fingerprint density at radius 1 is 1.32 bits per heavy atom. The lowest BCUT2D eigenvalue weighted by atomic mass is 10.1. The molecule has 0 saturated heterocycles. The Morgan fingerprint density at radius 2 is 2.00 bits per heavy atom. The Morgan fingerprint density at radius 3 is 2.58 bits per heavy atom. The van der Waals surface area contributed by atoms with E-state index in [1.165, 1.54) is 6.08 Å². The minimum atomic E-state index is -0.426. The second-order valence-corrected chi connectivity index (χ2v) is 5.05. The van der Waals surface area contributed by atoms with E-state index in [1.54, 1.807) is 24.5 Å². The fraction of sp³-hybridized carbons (Fsp3) is 0.133. The fourth-order valence-electron chi connectivity index (χ4n) is 1.73. The molecule has 0 N–H and O–H groups in total. The number of halogens is 1. The molecule has 0 radical (unpaired) electrons. The normalized spacial score (nSPS) is 10.9. The van der Waals surface area contributed by atoms with Gasteiger partial charge in [-0.25, -0.2) is 4.79 Å². The average Bonchev–Trinajstić information content (AvgIpc) is 2.84. The third kappa shape index (κ3) is 3.58. The van der Waals surface area contributed by atoms with Gasteiger partial charge in [0.25, 0.3) is 0 Å². The van der Waals surface area contributed by atoms with Crippen molar-refractivity contribution in [3.05, 3.63) is 58.0 Å². The Balaban J connectivity index is 2.11. The van der Waals surface area contributed by atoms with E-state index < -0.39 is 5.97 Å². The minimum Gasteiger partial charge on any atom is -0.465 e. The van der Waals surface area contributed by atoms with Crippen molar-refractivity contribution in [3.63, 3.8) is 0 Å². The highest BCUT2D eigenvalue weighted by molar-refractivity contribution is 9.10. The van der Waals surface area contributed by atoms with Crippen molar-refractivity contribution in [1.29, 1.82) is 0 Å². The zero-order valence-corrected chi connectivity index (χ0v) is 12.2. The molecule has 1 aromatic heterocycles. The summed E-state index contributed by atoms with van der Waals surface area (Å²) in [6, 6.07) is 7.34. The molecule has 0 atom stereocenters. The molecule has 1 heterocycles. The largest absolute Gasteiger partial charge is 0.465 e. The summed E-state index contributed by atoms with van der Waals surface area (Å²) in [5.41, 5.74) is 1.82. The summed E-state index contributed by atoms with van der Waals surface area (Å²) in [6.07, 6.45) is 4.47. The van der Waals surface area contributed by atoms with Crippen LogP contribution in [0.2, 0.25) is 0 Å². The monoisotopic (exact) mass is 320 g/mol. The van der Waals surface area contributed by atoms with E-state index in [-0.39, 0.29) is 0 Å². The van der Waals surface area contributed by atoms with E-state index >= 15 is 0 Å². The SMILES string of the molecule is Cc1cc(Br)cc(C)c1OC(=O)C=Cc1ccco1. The number of furan rings is 1. The molecule has 0 bridgehead atoms. The number of carbonyl (C=O) groups is 1. The van der Waals surface area contributed by atoms with Crippen molar-refractivity contribution < 1.29 is 13.9 Å². The highest BCUT2D eigenvalue weighted by Crippen LogP contribution is 2.27. The van der Waals surface area contributed by atoms with Crippen LogP contribution in [0.25, 0.3) is 6.08 Å². The van der Waals surface area contributed by atoms with E-state index in [4.69, 9.17) is 9.15 Å². The molecule has 0 fully saturated rings. The van der Waals surface area contributed by atoms with Crippen molar-refractivity contribution in [2.45, 2.75) is 13.8 Å². The zero-order valence-electron chi connectivity index (χ0n) is 10.6. The summed E-state index contributed by atoms with van der Waals surface area (Å²) in [7, 11) is 0. The molecule has 0 unspecified atom stereocenters. The smallest absolute Gasteiger partial charge is 0.336 e. The Hall–Kier alpha value is -1.81. The highest BCUT2D eigenvalue weighted by atomic mass is 79.9. The van der Waals surface area contributed by atoms with Gasteiger partial charge >= 0.3 is 5.97 Å². The first-order chi connectivity index (χ1) is 9.06. The molecule has 0 aliphatic rings. The maximum absolute atomic E-state index is 11.7. The molecule has 4 heteroatoms. The van der Waals surface area contributed by atoms with Crippen LogP contribution in [-0.4, -0.2) is 5.97 Å². The van der Waals surface area contributed by atoms with E-state index in [0.29, 0.717) is 11.5 Å². The van der Waals surface area contributed by atoms with Gasteiger partial charge in [-0.2, -0.15) is 0 Å². The Labute approximate surface area is 120 Å². The number of carbonyl (C=O) groups excluding carboxylic acids is 1. The molecule has 0 saturated carbocycles. The van der Waals surface area contributed by atoms with Gasteiger partial charge in [0.15, 0.2) is 0 Å². The third-order valence-electron chi connectivity index (χ3n) is 2.55. The van der Waals surface area contributed by atoms with E-state index in [9.17, 15) is 4.79 Å². The summed E-state index contributed by atoms with van der Waals surface area (Å²) in [5.74, 6) is 0.781. The summed E-state index contributed by atoms with van der Waals surface area (Å²) >= 11 is 3.40. The van der Waals surface area contributed by atoms with Gasteiger partial charge in [-0.3, -0.25) is 0 Å². The standard InChI is InChI=1S/C15H13BrO3/c1-10-8-12(16)9-11(2)15(10)19-14(17)6-5-13-4-3-7-18-13/h3-9H,1-2H3. The summed E-state index contributed by atoms with van der Waals surface area (Å²) in [5, 5.41) is 0. The van der Waals surface area contributed by atoms with Crippen LogP contribution in [0.5, 0.6) is 5.75 Å². The van der Waals surface area contributed by atoms with Crippen LogP contribution in [0.4, 0.5) is 0 Å². The van der Waals surface area contributed by atoms with Gasteiger partial charge in [0.1, 0.15) is 11.5 Å². The molecule has 19 heavy (non-hydrogen) atoms. The molecular weight excluding hydrogens is 308 g/mol. The number of aryl methyl sites for hydroxylation is 2. The quantitative estimate of drug-likeness (QED) is 0.481. The van der Waals surface area contributed by atoms with Crippen LogP contribution >= 0.6 is 15.9 Å². The fourth-order valence-corrected chi connectivity index (χ4v) is 2.42. The molecule has 0 amide bonds. The van der Waals surface area contributed by atoms with Gasteiger partial charge < -0.3 is 9.15 Å². The van der Waals surface area contributed by atoms with Crippen LogP contribution in [-0.2, 0) is 4.79 Å². The van der Waals surface area contributed by atoms with Gasteiger partial charge in [0, 0.05) is 10.5 Å². The molecule has 0 aliphatic carbocycles. The number of rotatable bonds is 3. The molecule has 1 aromatic carbocycles. The lowest BCUT2D eigenvalue weighted by Crippen LogP contribution is -2.06. The first-order valence-corrected chi connectivity index (χ1v) is 6.55. The minimum absolute atomic E-state index is 0.426. The zero-order chi connectivity index (χ0) is 13.8. The average molecular weight is 321 g/mol. The third-order valence-corrected chi connectivity index (χ3v) is 3.01. The van der Waals surface area contributed by atoms with Crippen molar-refractivity contribution in [2.24, 2.45) is 0 Å². The maximum atomic E-state index is 11.7. The highest BCUT2D eigenvalue weighted by Gasteiger charge is 2.09. The molecule has 0 aliphatic heterocycles. The van der Waals surface area contributed by atoms with Crippen LogP contribution in [0.3, 0.4) is 0 Å². The second-order valence-electron chi connectivity index (χ2n) is 4.14. The Bertz CT molecular complexity index is 589. The van der Waals surface area contributed by atoms with Gasteiger partial charge in [-0.15, -0.1) is 0 Å². The summed E-state index contributed by atoms with van der Waals surface area (Å²) < 4.78 is 11.4. The maximum Gasteiger partial charge on any atom is 0.336 e. The van der Waals surface area contributed by atoms with Crippen LogP contribution in [0.15, 0.2) is 45.5 Å². The predicted octanol–water partition coefficient (Wildman–Crippen LogP) is 4.28. The lowest BCUT2D eigenvalue weighted by Gasteiger charge is -2.09. The predicted molar refractivity (Wildman–Crippen MR) is 77.0 cm³/mol. The molecule has 2 rings (SSSR count). The summed E-state index contributed by atoms with van der Waals surface area (Å²) in [4.78, 5) is 11.7. The van der Waals surface area contributed by atoms with Crippen molar-refractivity contribution in [2.75, 3.05) is 0 Å². The second kappa shape index (κ2) is 5.89. The first-order valence-electron chi connectivity index (χ1n) is 5.76. The molecule has 98 valence electrons. The van der Waals surface area contributed by atoms with E-state index in [0.717, 1.165) is 15.6 Å². The van der Waals surface area contributed by atoms with Crippen LogP contribution in [0, 0.1) is 13.8 Å². The number of esters is 1. The summed E-state index contributed by atoms with van der Waals surface area (Å²) in [6.45, 7) is 3.80. The molecule has 3 nitrogen and oxygen atoms in total. The van der Waals surface area contributed by atoms with Crippen molar-refractivity contribution in [1.82, 2.24) is 0 Å². The molecule has 2 aromatic rings. The lowest BCUT2D eigenvalue weighted by molar-refractivity contribution is -0.129. The molecular formula is C15H13BrO3. The van der Waals surface area contributed by atoms with Crippen LogP contribution in [0.1, 0.15) is 16.9 Å². The molecule has 0 spiro atoms. The number of hydrogen-bond donors (Lipinski definition) is 0. The van der Waals surface area contributed by atoms with Gasteiger partial charge in [-0.1, -0.05) is 15.9 Å². The number of benzene rings is 1. The number of ether oxygens (including phenoxy) is 1. The van der Waals surface area contributed by atoms with E-state index in [1.807, 2.05) is 26.0 Å². The van der Waals surface area contributed by atoms with E-state index in [2.05, 4.69) is 15.9 Å². The number of hydrogen-bond acceptors (Lipinski definition) is 3. The van der Waals surface area contributed by atoms with Gasteiger partial charge in [-0.05, 0) is 55.3 Å². The first kappa shape index (κ1) is 13.6. The van der Waals surface area contributed by atoms with Crippen molar-refractivity contribution >= 4 is 28.0 Å².